The third-order valence-corrected chi connectivity index (χ3v) is 2.98. The molecule has 56 valence electrons. The minimum absolute atomic E-state index is 0. The van der Waals surface area contributed by atoms with Crippen molar-refractivity contribution in [3.63, 3.8) is 0 Å². The van der Waals surface area contributed by atoms with Crippen molar-refractivity contribution in [1.29, 1.82) is 0 Å². The summed E-state index contributed by atoms with van der Waals surface area (Å²) in [6, 6.07) is 0. The number of hydrogen-bond acceptors (Lipinski definition) is 0. The minimum Gasteiger partial charge on any atom is -0.0828 e. The molecular weight excluding hydrogens is 261 g/mol. The summed E-state index contributed by atoms with van der Waals surface area (Å²) in [5, 5.41) is 1.66. The van der Waals surface area contributed by atoms with Crippen LogP contribution in [-0.4, -0.2) is 0 Å². The summed E-state index contributed by atoms with van der Waals surface area (Å²) in [7, 11) is 0. The molecule has 2 bridgehead atoms. The Kier molecular flexibility index (Phi) is 2.64. The zero-order valence-electron chi connectivity index (χ0n) is 5.19. The second kappa shape index (κ2) is 2.99. The molecule has 2 rings (SSSR count). The Hall–Kier alpha value is 0.722. The molecule has 0 radical (unpaired) electrons. The van der Waals surface area contributed by atoms with Gasteiger partial charge in [-0.2, -0.15) is 0 Å². The molecule has 0 aromatic rings. The van der Waals surface area contributed by atoms with E-state index in [1.165, 1.54) is 11.1 Å². The van der Waals surface area contributed by atoms with Gasteiger partial charge in [-0.1, -0.05) is 23.2 Å². The summed E-state index contributed by atoms with van der Waals surface area (Å²) in [4.78, 5) is 0. The van der Waals surface area contributed by atoms with Gasteiger partial charge in [-0.25, -0.2) is 0 Å². The van der Waals surface area contributed by atoms with Crippen LogP contribution in [0.4, 0.5) is 0 Å². The Bertz CT molecular complexity index is 204. The normalized spacial score (nSPS) is 22.2. The van der Waals surface area contributed by atoms with Crippen molar-refractivity contribution in [2.45, 2.75) is 19.3 Å². The summed E-state index contributed by atoms with van der Waals surface area (Å²) < 4.78 is 0. The van der Waals surface area contributed by atoms with E-state index in [4.69, 9.17) is 23.2 Å². The fourth-order valence-corrected chi connectivity index (χ4v) is 2.01. The fraction of sp³-hybridized carbons (Fsp3) is 0.429. The molecule has 0 amide bonds. The maximum atomic E-state index is 5.85. The van der Waals surface area contributed by atoms with E-state index in [-0.39, 0.29) is 20.4 Å². The van der Waals surface area contributed by atoms with E-state index >= 15 is 0 Å². The maximum Gasteiger partial charge on any atom is 2.00 e. The summed E-state index contributed by atoms with van der Waals surface area (Å²) >= 11 is 11.7. The van der Waals surface area contributed by atoms with E-state index in [9.17, 15) is 0 Å². The Morgan fingerprint density at radius 3 is 1.50 bits per heavy atom. The Balaban J connectivity index is 0.000000500. The first-order valence-corrected chi connectivity index (χ1v) is 3.80. The van der Waals surface area contributed by atoms with E-state index in [1.54, 1.807) is 0 Å². The first-order valence-electron chi connectivity index (χ1n) is 3.04. The van der Waals surface area contributed by atoms with Crippen LogP contribution >= 0.6 is 23.2 Å². The molecule has 0 heterocycles. The molecule has 0 aromatic carbocycles. The molecule has 0 saturated heterocycles. The SMILES string of the molecule is ClC1=C2CCC(=C1Cl)C2.[Pd+2]. The number of hydrogen-bond donors (Lipinski definition) is 0. The number of rotatable bonds is 0. The topological polar surface area (TPSA) is 0 Å². The minimum atomic E-state index is 0. The van der Waals surface area contributed by atoms with Crippen molar-refractivity contribution in [3.8, 4) is 0 Å². The van der Waals surface area contributed by atoms with Gasteiger partial charge in [-0.3, -0.25) is 0 Å². The van der Waals surface area contributed by atoms with Crippen molar-refractivity contribution < 1.29 is 20.4 Å². The standard InChI is InChI=1S/C7H6Cl2.Pd/c8-6-4-1-2-5(3-4)7(6)9;/h1-3H2;/q;+2. The van der Waals surface area contributed by atoms with E-state index in [0.717, 1.165) is 29.3 Å². The molecule has 2 aliphatic carbocycles. The largest absolute Gasteiger partial charge is 2.00 e. The van der Waals surface area contributed by atoms with Crippen molar-refractivity contribution in [2.24, 2.45) is 0 Å². The van der Waals surface area contributed by atoms with E-state index in [1.807, 2.05) is 0 Å². The first kappa shape index (κ1) is 8.82. The zero-order valence-corrected chi connectivity index (χ0v) is 8.26. The smallest absolute Gasteiger partial charge is 0.0828 e. The first-order chi connectivity index (χ1) is 4.29. The van der Waals surface area contributed by atoms with Gasteiger partial charge in [0.05, 0.1) is 10.1 Å². The van der Waals surface area contributed by atoms with Crippen LogP contribution in [0.15, 0.2) is 21.2 Å². The van der Waals surface area contributed by atoms with Crippen molar-refractivity contribution >= 4 is 23.2 Å². The average Bonchev–Trinajstić information content (AvgIpc) is 2.37. The van der Waals surface area contributed by atoms with Gasteiger partial charge in [0.25, 0.3) is 0 Å². The summed E-state index contributed by atoms with van der Waals surface area (Å²) in [5.41, 5.74) is 2.69. The average molecular weight is 267 g/mol. The van der Waals surface area contributed by atoms with Crippen LogP contribution in [0.2, 0.25) is 0 Å². The molecule has 1 fully saturated rings. The quantitative estimate of drug-likeness (QED) is 0.591. The van der Waals surface area contributed by atoms with Gasteiger partial charge < -0.3 is 0 Å². The third kappa shape index (κ3) is 1.10. The van der Waals surface area contributed by atoms with Gasteiger partial charge in [-0.05, 0) is 30.4 Å². The van der Waals surface area contributed by atoms with E-state index < -0.39 is 0 Å². The van der Waals surface area contributed by atoms with E-state index in [2.05, 4.69) is 0 Å². The van der Waals surface area contributed by atoms with Gasteiger partial charge in [-0.15, -0.1) is 0 Å². The molecule has 1 saturated carbocycles. The Morgan fingerprint density at radius 2 is 1.30 bits per heavy atom. The molecular formula is C7H6Cl2Pd+2. The van der Waals surface area contributed by atoms with Gasteiger partial charge in [0.1, 0.15) is 0 Å². The predicted molar refractivity (Wildman–Crippen MR) is 39.6 cm³/mol. The van der Waals surface area contributed by atoms with Crippen LogP contribution in [0.3, 0.4) is 0 Å². The Morgan fingerprint density at radius 1 is 0.900 bits per heavy atom. The maximum absolute atomic E-state index is 5.85. The van der Waals surface area contributed by atoms with Gasteiger partial charge in [0.15, 0.2) is 0 Å². The predicted octanol–water partition coefficient (Wildman–Crippen LogP) is 3.17. The molecule has 0 atom stereocenters. The summed E-state index contributed by atoms with van der Waals surface area (Å²) in [6.07, 6.45) is 3.34. The van der Waals surface area contributed by atoms with Gasteiger partial charge in [0.2, 0.25) is 0 Å². The van der Waals surface area contributed by atoms with Crippen LogP contribution in [0.25, 0.3) is 0 Å². The summed E-state index contributed by atoms with van der Waals surface area (Å²) in [5.74, 6) is 0. The molecule has 0 aliphatic heterocycles. The van der Waals surface area contributed by atoms with E-state index in [0.29, 0.717) is 0 Å². The number of fused-ring (bicyclic) bond motifs is 2. The van der Waals surface area contributed by atoms with Crippen LogP contribution < -0.4 is 0 Å². The molecule has 2 aliphatic rings. The second-order valence-corrected chi connectivity index (χ2v) is 3.27. The van der Waals surface area contributed by atoms with Crippen molar-refractivity contribution in [2.75, 3.05) is 0 Å². The number of halogens is 2. The molecule has 10 heavy (non-hydrogen) atoms. The molecule has 0 N–H and O–H groups in total. The summed E-state index contributed by atoms with van der Waals surface area (Å²) in [6.45, 7) is 0. The molecule has 0 aromatic heterocycles. The van der Waals surface area contributed by atoms with Crippen LogP contribution in [0, 0.1) is 0 Å². The van der Waals surface area contributed by atoms with Crippen molar-refractivity contribution in [1.82, 2.24) is 0 Å². The molecule has 3 heteroatoms. The zero-order chi connectivity index (χ0) is 6.43. The van der Waals surface area contributed by atoms with Crippen LogP contribution in [0.5, 0.6) is 0 Å². The van der Waals surface area contributed by atoms with Gasteiger partial charge in [0, 0.05) is 0 Å². The van der Waals surface area contributed by atoms with Crippen LogP contribution in [-0.2, 0) is 20.4 Å². The third-order valence-electron chi connectivity index (χ3n) is 1.97. The number of allylic oxidation sites excluding steroid dienone is 4. The molecule has 0 unspecified atom stereocenters. The fourth-order valence-electron chi connectivity index (χ4n) is 1.42. The van der Waals surface area contributed by atoms with Crippen molar-refractivity contribution in [3.05, 3.63) is 21.2 Å². The Labute approximate surface area is 83.9 Å². The monoisotopic (exact) mass is 266 g/mol. The second-order valence-electron chi connectivity index (χ2n) is 2.51. The van der Waals surface area contributed by atoms with Crippen LogP contribution in [0.1, 0.15) is 19.3 Å². The molecule has 0 spiro atoms. The molecule has 0 nitrogen and oxygen atoms in total. The van der Waals surface area contributed by atoms with Gasteiger partial charge >= 0.3 is 20.4 Å².